The third-order valence-corrected chi connectivity index (χ3v) is 14.7. The van der Waals surface area contributed by atoms with Crippen molar-refractivity contribution >= 4 is 23.9 Å². The Morgan fingerprint density at radius 3 is 1.20 bits per heavy atom. The van der Waals surface area contributed by atoms with Crippen molar-refractivity contribution in [3.63, 3.8) is 0 Å². The number of aliphatic carboxylic acids is 1. The summed E-state index contributed by atoms with van der Waals surface area (Å²) in [5.41, 5.74) is 0. The molecule has 81 heavy (non-hydrogen) atoms. The van der Waals surface area contributed by atoms with Gasteiger partial charge >= 0.3 is 23.9 Å². The molecule has 1 aliphatic rings. The lowest BCUT2D eigenvalue weighted by Gasteiger charge is -2.40. The third-order valence-electron chi connectivity index (χ3n) is 14.7. The third kappa shape index (κ3) is 46.3. The monoisotopic (exact) mass is 1140 g/mol. The van der Waals surface area contributed by atoms with Gasteiger partial charge in [-0.25, -0.2) is 4.79 Å². The summed E-state index contributed by atoms with van der Waals surface area (Å²) >= 11 is 0. The van der Waals surface area contributed by atoms with Crippen molar-refractivity contribution in [3.8, 4) is 0 Å². The molecule has 12 nitrogen and oxygen atoms in total. The van der Waals surface area contributed by atoms with Crippen molar-refractivity contribution < 1.29 is 58.2 Å². The molecule has 0 aliphatic carbocycles. The molecule has 1 aliphatic heterocycles. The van der Waals surface area contributed by atoms with Gasteiger partial charge < -0.3 is 39.0 Å². The number of carboxylic acid groups (broad SMARTS) is 1. The highest BCUT2D eigenvalue weighted by Gasteiger charge is 2.50. The topological polar surface area (TPSA) is 175 Å². The number of aliphatic hydroxyl groups is 2. The van der Waals surface area contributed by atoms with Crippen LogP contribution in [0.5, 0.6) is 0 Å². The van der Waals surface area contributed by atoms with Crippen LogP contribution in [-0.4, -0.2) is 89.2 Å². The molecule has 466 valence electrons. The van der Waals surface area contributed by atoms with Crippen molar-refractivity contribution in [1.82, 2.24) is 0 Å². The number of carbonyl (C=O) groups is 4. The number of hydrogen-bond acceptors (Lipinski definition) is 11. The Labute approximate surface area is 493 Å². The average Bonchev–Trinajstić information content (AvgIpc) is 3.53. The summed E-state index contributed by atoms with van der Waals surface area (Å²) in [6.45, 7) is 5.89. The second kappa shape index (κ2) is 56.6. The van der Waals surface area contributed by atoms with Crippen molar-refractivity contribution in [2.45, 2.75) is 327 Å². The quantitative estimate of drug-likeness (QED) is 0.0228. The van der Waals surface area contributed by atoms with Crippen LogP contribution in [0.3, 0.4) is 0 Å². The van der Waals surface area contributed by atoms with Crippen LogP contribution in [0.15, 0.2) is 72.9 Å². The minimum absolute atomic E-state index is 0.0306. The van der Waals surface area contributed by atoms with Crippen LogP contribution in [0, 0.1) is 0 Å². The van der Waals surface area contributed by atoms with Crippen LogP contribution in [0.1, 0.15) is 290 Å². The maximum atomic E-state index is 13.2. The van der Waals surface area contributed by atoms with Gasteiger partial charge in [0, 0.05) is 19.3 Å². The first-order valence-electron chi connectivity index (χ1n) is 32.9. The summed E-state index contributed by atoms with van der Waals surface area (Å²) in [4.78, 5) is 51.3. The molecule has 1 heterocycles. The lowest BCUT2D eigenvalue weighted by atomic mass is 9.98. The van der Waals surface area contributed by atoms with Gasteiger partial charge in [-0.1, -0.05) is 235 Å². The number of carbonyl (C=O) groups excluding carboxylic acids is 3. The molecule has 0 spiro atoms. The maximum Gasteiger partial charge on any atom is 0.335 e. The van der Waals surface area contributed by atoms with Gasteiger partial charge in [-0.05, 0) is 109 Å². The lowest BCUT2D eigenvalue weighted by Crippen LogP contribution is -2.61. The first-order chi connectivity index (χ1) is 39.6. The highest BCUT2D eigenvalue weighted by Crippen LogP contribution is 2.27. The Morgan fingerprint density at radius 1 is 0.420 bits per heavy atom. The van der Waals surface area contributed by atoms with E-state index in [0.29, 0.717) is 19.3 Å². The number of ether oxygens (including phenoxy) is 5. The maximum absolute atomic E-state index is 13.2. The molecule has 0 saturated carbocycles. The molecule has 1 saturated heterocycles. The van der Waals surface area contributed by atoms with E-state index in [1.165, 1.54) is 122 Å². The number of allylic oxidation sites excluding steroid dienone is 12. The molecule has 0 bridgehead atoms. The van der Waals surface area contributed by atoms with Crippen LogP contribution in [0.2, 0.25) is 0 Å². The van der Waals surface area contributed by atoms with Gasteiger partial charge in [-0.15, -0.1) is 0 Å². The molecule has 0 aromatic carbocycles. The smallest absolute Gasteiger partial charge is 0.335 e. The molecule has 6 atom stereocenters. The summed E-state index contributed by atoms with van der Waals surface area (Å²) in [7, 11) is 0. The van der Waals surface area contributed by atoms with Gasteiger partial charge in [-0.3, -0.25) is 14.4 Å². The van der Waals surface area contributed by atoms with Crippen LogP contribution in [-0.2, 0) is 42.9 Å². The summed E-state index contributed by atoms with van der Waals surface area (Å²) in [6.07, 6.45) is 60.0. The van der Waals surface area contributed by atoms with E-state index >= 15 is 0 Å². The van der Waals surface area contributed by atoms with Crippen LogP contribution in [0.25, 0.3) is 0 Å². The zero-order chi connectivity index (χ0) is 58.9. The van der Waals surface area contributed by atoms with E-state index in [4.69, 9.17) is 23.7 Å². The predicted molar refractivity (Wildman–Crippen MR) is 331 cm³/mol. The minimum Gasteiger partial charge on any atom is -0.479 e. The number of unbranched alkanes of at least 4 members (excludes halogenated alkanes) is 30. The van der Waals surface area contributed by atoms with E-state index in [0.717, 1.165) is 109 Å². The van der Waals surface area contributed by atoms with Crippen LogP contribution >= 0.6 is 0 Å². The Bertz CT molecular complexity index is 1680. The van der Waals surface area contributed by atoms with Gasteiger partial charge in [-0.2, -0.15) is 0 Å². The standard InChI is InChI=1S/C69H118O12/c1-4-7-10-13-16-19-22-25-28-31-34-37-40-43-46-49-52-55-61(70)77-58-60(79-62(71)56-53-50-47-44-41-38-35-32-29-26-23-20-17-14-11-8-5-2)59-78-69-67(65(74)64(73)66(81-69)68(75)76)80-63(72)57-54-51-48-45-42-39-36-33-30-27-24-21-18-15-12-9-6-3/h9,12,18,21,25-30,36,39,60,64-67,69,73-74H,4-8,10-11,13-17,19-20,22-24,31-35,37-38,40-59H2,1-3H3,(H,75,76)/b12-9-,21-18-,28-25-,29-26-,30-27-,39-36-. The number of rotatable bonds is 56. The first-order valence-corrected chi connectivity index (χ1v) is 32.9. The number of esters is 3. The molecule has 1 fully saturated rings. The van der Waals surface area contributed by atoms with Crippen LogP contribution < -0.4 is 0 Å². The van der Waals surface area contributed by atoms with Crippen molar-refractivity contribution in [2.75, 3.05) is 13.2 Å². The fraction of sp³-hybridized carbons (Fsp3) is 0.768. The van der Waals surface area contributed by atoms with E-state index in [1.807, 2.05) is 0 Å². The van der Waals surface area contributed by atoms with Gasteiger partial charge in [0.2, 0.25) is 0 Å². The second-order valence-corrected chi connectivity index (χ2v) is 22.4. The molecule has 0 radical (unpaired) electrons. The Balaban J connectivity index is 2.68. The molecule has 1 rings (SSSR count). The number of carboxylic acids is 1. The van der Waals surface area contributed by atoms with Crippen molar-refractivity contribution in [3.05, 3.63) is 72.9 Å². The van der Waals surface area contributed by atoms with Crippen LogP contribution in [0.4, 0.5) is 0 Å². The summed E-state index contributed by atoms with van der Waals surface area (Å²) in [5.74, 6) is -3.15. The van der Waals surface area contributed by atoms with Gasteiger partial charge in [0.05, 0.1) is 6.61 Å². The second-order valence-electron chi connectivity index (χ2n) is 22.4. The molecule has 3 N–H and O–H groups in total. The van der Waals surface area contributed by atoms with Gasteiger partial charge in [0.1, 0.15) is 18.8 Å². The molecule has 6 unspecified atom stereocenters. The molecule has 12 heteroatoms. The predicted octanol–water partition coefficient (Wildman–Crippen LogP) is 17.7. The normalized spacial score (nSPS) is 18.2. The zero-order valence-electron chi connectivity index (χ0n) is 51.5. The largest absolute Gasteiger partial charge is 0.479 e. The van der Waals surface area contributed by atoms with Gasteiger partial charge in [0.15, 0.2) is 24.6 Å². The Hall–Kier alpha value is -3.84. The van der Waals surface area contributed by atoms with Crippen molar-refractivity contribution in [1.29, 1.82) is 0 Å². The Kier molecular flexibility index (Phi) is 52.6. The van der Waals surface area contributed by atoms with E-state index in [1.54, 1.807) is 0 Å². The lowest BCUT2D eigenvalue weighted by molar-refractivity contribution is -0.301. The molecule has 0 aromatic heterocycles. The fourth-order valence-corrected chi connectivity index (χ4v) is 9.70. The Morgan fingerprint density at radius 2 is 0.778 bits per heavy atom. The number of aliphatic hydroxyl groups excluding tert-OH is 2. The number of hydrogen-bond donors (Lipinski definition) is 3. The SMILES string of the molecule is CC/C=C\C/C=C\C/C=C\C/C=C\CCCCCCC(=O)OC1C(OCC(COC(=O)CCCCCCCCC/C=C\CCCCCCCC)OC(=O)CCCCCCCCC/C=C\CCCCCCCC)OC(C(=O)O)C(O)C1O. The molecular weight excluding hydrogens is 1020 g/mol. The zero-order valence-corrected chi connectivity index (χ0v) is 51.5. The van der Waals surface area contributed by atoms with Gasteiger partial charge in [0.25, 0.3) is 0 Å². The summed E-state index contributed by atoms with van der Waals surface area (Å²) in [5, 5.41) is 31.6. The van der Waals surface area contributed by atoms with Crippen molar-refractivity contribution in [2.24, 2.45) is 0 Å². The minimum atomic E-state index is -1.92. The first kappa shape index (κ1) is 75.2. The molecule has 0 amide bonds. The fourth-order valence-electron chi connectivity index (χ4n) is 9.70. The summed E-state index contributed by atoms with van der Waals surface area (Å²) < 4.78 is 28.5. The average molecular weight is 1140 g/mol. The van der Waals surface area contributed by atoms with E-state index in [9.17, 15) is 34.5 Å². The summed E-state index contributed by atoms with van der Waals surface area (Å²) in [6, 6.07) is 0. The highest BCUT2D eigenvalue weighted by atomic mass is 16.7. The van der Waals surface area contributed by atoms with E-state index in [2.05, 4.69) is 93.7 Å². The molecular formula is C69H118O12. The van der Waals surface area contributed by atoms with E-state index < -0.39 is 67.3 Å². The van der Waals surface area contributed by atoms with E-state index in [-0.39, 0.29) is 25.9 Å². The molecule has 0 aromatic rings. The highest BCUT2D eigenvalue weighted by molar-refractivity contribution is 5.74.